The number of nitrogen functional groups attached to an aromatic ring is 1. The van der Waals surface area contributed by atoms with E-state index in [-0.39, 0.29) is 5.41 Å². The lowest BCUT2D eigenvalue weighted by molar-refractivity contribution is 0.440. The molecule has 0 spiro atoms. The average Bonchev–Trinajstić information content (AvgIpc) is 2.95. The third-order valence-corrected chi connectivity index (χ3v) is 3.71. The third-order valence-electron chi connectivity index (χ3n) is 3.71. The molecule has 0 radical (unpaired) electrons. The molecule has 0 saturated heterocycles. The molecule has 1 saturated carbocycles. The van der Waals surface area contributed by atoms with E-state index in [0.29, 0.717) is 6.42 Å². The predicted molar refractivity (Wildman–Crippen MR) is 68.2 cm³/mol. The Morgan fingerprint density at radius 1 is 1.35 bits per heavy atom. The highest BCUT2D eigenvalue weighted by Gasteiger charge is 2.42. The molecule has 86 valence electrons. The highest BCUT2D eigenvalue weighted by molar-refractivity contribution is 5.83. The van der Waals surface area contributed by atoms with Crippen molar-refractivity contribution in [2.24, 2.45) is 5.41 Å². The molecule has 0 unspecified atom stereocenters. The first-order valence-corrected chi connectivity index (χ1v) is 5.94. The smallest absolute Gasteiger partial charge is 0.0628 e. The van der Waals surface area contributed by atoms with Gasteiger partial charge in [-0.1, -0.05) is 6.07 Å². The first-order valence-electron chi connectivity index (χ1n) is 5.94. The molecule has 2 N–H and O–H groups in total. The van der Waals surface area contributed by atoms with Gasteiger partial charge in [0.2, 0.25) is 0 Å². The fourth-order valence-corrected chi connectivity index (χ4v) is 2.44. The van der Waals surface area contributed by atoms with Crippen molar-refractivity contribution in [3.63, 3.8) is 0 Å². The number of nitriles is 1. The molecule has 3 heteroatoms. The summed E-state index contributed by atoms with van der Waals surface area (Å²) in [6.07, 6.45) is 5.10. The van der Waals surface area contributed by atoms with Gasteiger partial charge in [-0.3, -0.25) is 0 Å². The zero-order chi connectivity index (χ0) is 11.9. The summed E-state index contributed by atoms with van der Waals surface area (Å²) in [7, 11) is 0. The summed E-state index contributed by atoms with van der Waals surface area (Å²) in [5, 5.41) is 10.1. The second kappa shape index (κ2) is 3.53. The monoisotopic (exact) mass is 225 g/mol. The number of nitrogens with zero attached hydrogens (tertiary/aromatic N) is 2. The van der Waals surface area contributed by atoms with E-state index in [9.17, 15) is 0 Å². The minimum atomic E-state index is 0.227. The molecule has 1 aromatic heterocycles. The van der Waals surface area contributed by atoms with Gasteiger partial charge in [0.05, 0.1) is 11.6 Å². The SMILES string of the molecule is N#CCC1(Cn2ccc3ccc(N)cc32)CC1. The van der Waals surface area contributed by atoms with Gasteiger partial charge in [-0.2, -0.15) is 5.26 Å². The van der Waals surface area contributed by atoms with Gasteiger partial charge in [0.1, 0.15) is 0 Å². The molecule has 1 aromatic carbocycles. The molecule has 2 aromatic rings. The Labute approximate surface area is 100 Å². The topological polar surface area (TPSA) is 54.7 Å². The van der Waals surface area contributed by atoms with Gasteiger partial charge in [-0.15, -0.1) is 0 Å². The Morgan fingerprint density at radius 2 is 2.18 bits per heavy atom. The van der Waals surface area contributed by atoms with Crippen LogP contribution in [0.3, 0.4) is 0 Å². The van der Waals surface area contributed by atoms with Crippen LogP contribution in [-0.4, -0.2) is 4.57 Å². The van der Waals surface area contributed by atoms with E-state index in [1.54, 1.807) is 0 Å². The number of fused-ring (bicyclic) bond motifs is 1. The first-order chi connectivity index (χ1) is 8.22. The first kappa shape index (κ1) is 10.2. The maximum absolute atomic E-state index is 8.85. The van der Waals surface area contributed by atoms with E-state index >= 15 is 0 Å². The van der Waals surface area contributed by atoms with Crippen LogP contribution in [0, 0.1) is 16.7 Å². The van der Waals surface area contributed by atoms with E-state index in [4.69, 9.17) is 11.0 Å². The summed E-state index contributed by atoms with van der Waals surface area (Å²) in [5.74, 6) is 0. The summed E-state index contributed by atoms with van der Waals surface area (Å²) in [6, 6.07) is 10.4. The fraction of sp³-hybridized carbons (Fsp3) is 0.357. The molecular weight excluding hydrogens is 210 g/mol. The summed E-state index contributed by atoms with van der Waals surface area (Å²) >= 11 is 0. The fourth-order valence-electron chi connectivity index (χ4n) is 2.44. The summed E-state index contributed by atoms with van der Waals surface area (Å²) in [6.45, 7) is 0.938. The van der Waals surface area contributed by atoms with Crippen LogP contribution >= 0.6 is 0 Å². The molecule has 0 bridgehead atoms. The van der Waals surface area contributed by atoms with E-state index in [1.807, 2.05) is 18.2 Å². The molecule has 1 aliphatic rings. The summed E-state index contributed by atoms with van der Waals surface area (Å²) < 4.78 is 2.23. The maximum atomic E-state index is 8.85. The van der Waals surface area contributed by atoms with Gasteiger partial charge in [-0.05, 0) is 36.4 Å². The molecule has 3 rings (SSSR count). The molecular formula is C14H15N3. The molecule has 0 aliphatic heterocycles. The normalized spacial score (nSPS) is 16.9. The second-order valence-electron chi connectivity index (χ2n) is 5.10. The Bertz CT molecular complexity index is 599. The van der Waals surface area contributed by atoms with Gasteiger partial charge in [-0.25, -0.2) is 0 Å². The van der Waals surface area contributed by atoms with Crippen molar-refractivity contribution < 1.29 is 0 Å². The van der Waals surface area contributed by atoms with Crippen molar-refractivity contribution >= 4 is 16.6 Å². The number of aromatic nitrogens is 1. The van der Waals surface area contributed by atoms with E-state index in [1.165, 1.54) is 23.7 Å². The Morgan fingerprint density at radius 3 is 2.88 bits per heavy atom. The third kappa shape index (κ3) is 1.76. The Kier molecular flexibility index (Phi) is 2.12. The lowest BCUT2D eigenvalue weighted by atomic mass is 10.0. The van der Waals surface area contributed by atoms with Gasteiger partial charge in [0.15, 0.2) is 0 Å². The second-order valence-corrected chi connectivity index (χ2v) is 5.10. The van der Waals surface area contributed by atoms with E-state index in [2.05, 4.69) is 22.9 Å². The van der Waals surface area contributed by atoms with Crippen molar-refractivity contribution in [3.05, 3.63) is 30.5 Å². The number of anilines is 1. The summed E-state index contributed by atoms with van der Waals surface area (Å²) in [4.78, 5) is 0. The van der Waals surface area contributed by atoms with Gasteiger partial charge < -0.3 is 10.3 Å². The van der Waals surface area contributed by atoms with Crippen LogP contribution in [0.4, 0.5) is 5.69 Å². The van der Waals surface area contributed by atoms with Crippen LogP contribution in [0.2, 0.25) is 0 Å². The highest BCUT2D eigenvalue weighted by Crippen LogP contribution is 2.50. The van der Waals surface area contributed by atoms with Crippen molar-refractivity contribution in [1.29, 1.82) is 5.26 Å². The Balaban J connectivity index is 1.96. The van der Waals surface area contributed by atoms with Crippen LogP contribution in [0.1, 0.15) is 19.3 Å². The summed E-state index contributed by atoms with van der Waals surface area (Å²) in [5.41, 5.74) is 8.02. The van der Waals surface area contributed by atoms with Crippen molar-refractivity contribution in [2.75, 3.05) is 5.73 Å². The van der Waals surface area contributed by atoms with Crippen LogP contribution in [0.5, 0.6) is 0 Å². The van der Waals surface area contributed by atoms with Crippen LogP contribution in [-0.2, 0) is 6.54 Å². The van der Waals surface area contributed by atoms with Crippen LogP contribution < -0.4 is 5.73 Å². The minimum absolute atomic E-state index is 0.227. The number of hydrogen-bond donors (Lipinski definition) is 1. The van der Waals surface area contributed by atoms with Gasteiger partial charge >= 0.3 is 0 Å². The van der Waals surface area contributed by atoms with Crippen molar-refractivity contribution in [3.8, 4) is 6.07 Å². The molecule has 1 aliphatic carbocycles. The van der Waals surface area contributed by atoms with Crippen LogP contribution in [0.15, 0.2) is 30.5 Å². The minimum Gasteiger partial charge on any atom is -0.399 e. The lowest BCUT2D eigenvalue weighted by Crippen LogP contribution is -2.10. The number of benzene rings is 1. The highest BCUT2D eigenvalue weighted by atomic mass is 15.0. The van der Waals surface area contributed by atoms with Gasteiger partial charge in [0, 0.05) is 30.3 Å². The zero-order valence-electron chi connectivity index (χ0n) is 9.69. The van der Waals surface area contributed by atoms with E-state index in [0.717, 1.165) is 12.2 Å². The molecule has 0 atom stereocenters. The zero-order valence-corrected chi connectivity index (χ0v) is 9.69. The molecule has 1 fully saturated rings. The Hall–Kier alpha value is -1.95. The number of hydrogen-bond acceptors (Lipinski definition) is 2. The number of nitrogens with two attached hydrogens (primary N) is 1. The van der Waals surface area contributed by atoms with Gasteiger partial charge in [0.25, 0.3) is 0 Å². The van der Waals surface area contributed by atoms with Crippen LogP contribution in [0.25, 0.3) is 10.9 Å². The molecule has 0 amide bonds. The molecule has 17 heavy (non-hydrogen) atoms. The largest absolute Gasteiger partial charge is 0.399 e. The maximum Gasteiger partial charge on any atom is 0.0628 e. The molecule has 1 heterocycles. The standard InChI is InChI=1S/C14H15N3/c15-7-6-14(4-5-14)10-17-8-3-11-1-2-12(16)9-13(11)17/h1-3,8-9H,4-6,10,16H2. The van der Waals surface area contributed by atoms with Crippen molar-refractivity contribution in [2.45, 2.75) is 25.8 Å². The van der Waals surface area contributed by atoms with Crippen molar-refractivity contribution in [1.82, 2.24) is 4.57 Å². The van der Waals surface area contributed by atoms with E-state index < -0.39 is 0 Å². The molecule has 3 nitrogen and oxygen atoms in total. The number of rotatable bonds is 3. The average molecular weight is 225 g/mol. The lowest BCUT2D eigenvalue weighted by Gasteiger charge is -2.13. The quantitative estimate of drug-likeness (QED) is 0.816. The predicted octanol–water partition coefficient (Wildman–Crippen LogP) is 2.92.